The summed E-state index contributed by atoms with van der Waals surface area (Å²) in [6.07, 6.45) is 0. The van der Waals surface area contributed by atoms with Crippen LogP contribution in [0.3, 0.4) is 0 Å². The van der Waals surface area contributed by atoms with Gasteiger partial charge in [0, 0.05) is 55.4 Å². The number of rotatable bonds is 5. The summed E-state index contributed by atoms with van der Waals surface area (Å²) < 4.78 is 11.3. The molecule has 12 rings (SSSR count). The largest absolute Gasteiger partial charge is 0.456 e. The summed E-state index contributed by atoms with van der Waals surface area (Å²) in [4.78, 5) is 14.7. The third-order valence-corrected chi connectivity index (χ3v) is 11.4. The van der Waals surface area contributed by atoms with Gasteiger partial charge in [0.2, 0.25) is 0 Å². The van der Waals surface area contributed by atoms with Crippen molar-refractivity contribution in [2.45, 2.75) is 0 Å². The van der Waals surface area contributed by atoms with Gasteiger partial charge in [-0.15, -0.1) is 0 Å². The van der Waals surface area contributed by atoms with E-state index in [1.165, 1.54) is 10.8 Å². The molecule has 274 valence electrons. The number of benzene rings is 8. The maximum atomic E-state index is 10.8. The Kier molecular flexibility index (Phi) is 7.16. The second kappa shape index (κ2) is 12.8. The highest BCUT2D eigenvalue weighted by atomic mass is 16.3. The van der Waals surface area contributed by atoms with Crippen molar-refractivity contribution in [3.8, 4) is 51.6 Å². The van der Waals surface area contributed by atoms with E-state index in [2.05, 4.69) is 112 Å². The minimum Gasteiger partial charge on any atom is -0.456 e. The van der Waals surface area contributed by atoms with Gasteiger partial charge in [-0.05, 0) is 60.7 Å². The van der Waals surface area contributed by atoms with E-state index in [0.717, 1.165) is 82.8 Å². The first-order valence-electron chi connectivity index (χ1n) is 19.5. The van der Waals surface area contributed by atoms with Crippen molar-refractivity contribution in [1.29, 1.82) is 5.26 Å². The molecule has 7 nitrogen and oxygen atoms in total. The Balaban J connectivity index is 1.08. The van der Waals surface area contributed by atoms with Crippen LogP contribution in [-0.2, 0) is 0 Å². The molecule has 0 aliphatic carbocycles. The summed E-state index contributed by atoms with van der Waals surface area (Å²) in [5.41, 5.74) is 10.6. The molecule has 0 unspecified atom stereocenters. The SMILES string of the molecule is N#Cc1cc(-c2nc(-c3ccccc3)nc(-c3ccccc3)n2)ccc1-n1c2ccccc2c2cc3c(cc21)oc1ccc2c4ccccc4n(-c4ccccc4)c2c13. The third kappa shape index (κ3) is 5.04. The number of hydrogen-bond donors (Lipinski definition) is 0. The number of furan rings is 1. The van der Waals surface area contributed by atoms with Crippen LogP contribution in [0.1, 0.15) is 5.56 Å². The minimum absolute atomic E-state index is 0.492. The van der Waals surface area contributed by atoms with Crippen molar-refractivity contribution in [3.05, 3.63) is 188 Å². The normalized spacial score (nSPS) is 11.7. The maximum absolute atomic E-state index is 10.8. The van der Waals surface area contributed by atoms with Gasteiger partial charge in [0.25, 0.3) is 0 Å². The van der Waals surface area contributed by atoms with Crippen LogP contribution in [0.4, 0.5) is 0 Å². The Labute approximate surface area is 337 Å². The monoisotopic (exact) mass is 754 g/mol. The number of nitrogens with zero attached hydrogens (tertiary/aromatic N) is 6. The second-order valence-corrected chi connectivity index (χ2v) is 14.7. The smallest absolute Gasteiger partial charge is 0.164 e. The topological polar surface area (TPSA) is 85.5 Å². The van der Waals surface area contributed by atoms with Crippen molar-refractivity contribution in [1.82, 2.24) is 24.1 Å². The van der Waals surface area contributed by atoms with E-state index in [9.17, 15) is 5.26 Å². The van der Waals surface area contributed by atoms with E-state index < -0.39 is 0 Å². The van der Waals surface area contributed by atoms with Gasteiger partial charge in [0.05, 0.1) is 38.7 Å². The van der Waals surface area contributed by atoms with Gasteiger partial charge in [-0.3, -0.25) is 0 Å². The quantitative estimate of drug-likeness (QED) is 0.175. The molecule has 12 aromatic rings. The van der Waals surface area contributed by atoms with Crippen LogP contribution in [-0.4, -0.2) is 24.1 Å². The van der Waals surface area contributed by atoms with Crippen LogP contribution in [0, 0.1) is 11.3 Å². The number of aromatic nitrogens is 5. The van der Waals surface area contributed by atoms with Gasteiger partial charge in [-0.1, -0.05) is 115 Å². The number of fused-ring (bicyclic) bond motifs is 10. The molecular formula is C52H30N6O. The van der Waals surface area contributed by atoms with E-state index in [1.807, 2.05) is 84.9 Å². The molecule has 59 heavy (non-hydrogen) atoms. The van der Waals surface area contributed by atoms with Crippen molar-refractivity contribution < 1.29 is 4.42 Å². The maximum Gasteiger partial charge on any atom is 0.164 e. The predicted molar refractivity (Wildman–Crippen MR) is 237 cm³/mol. The first-order chi connectivity index (χ1) is 29.2. The van der Waals surface area contributed by atoms with Crippen LogP contribution in [0.5, 0.6) is 0 Å². The number of nitriles is 1. The molecular weight excluding hydrogens is 725 g/mol. The highest BCUT2D eigenvalue weighted by molar-refractivity contribution is 6.27. The molecule has 0 N–H and O–H groups in total. The molecule has 0 fully saturated rings. The fourth-order valence-corrected chi connectivity index (χ4v) is 8.78. The molecule has 0 aliphatic heterocycles. The van der Waals surface area contributed by atoms with Gasteiger partial charge in [-0.25, -0.2) is 15.0 Å². The Hall–Kier alpha value is -8.34. The summed E-state index contributed by atoms with van der Waals surface area (Å²) in [5.74, 6) is 1.62. The molecule has 0 bridgehead atoms. The first-order valence-corrected chi connectivity index (χ1v) is 19.5. The van der Waals surface area contributed by atoms with E-state index in [0.29, 0.717) is 23.0 Å². The highest BCUT2D eigenvalue weighted by Gasteiger charge is 2.23. The van der Waals surface area contributed by atoms with Crippen molar-refractivity contribution in [2.75, 3.05) is 0 Å². The Bertz CT molecular complexity index is 3610. The zero-order valence-electron chi connectivity index (χ0n) is 31.4. The molecule has 0 radical (unpaired) electrons. The lowest BCUT2D eigenvalue weighted by Gasteiger charge is -2.12. The van der Waals surface area contributed by atoms with Crippen molar-refractivity contribution in [3.63, 3.8) is 0 Å². The van der Waals surface area contributed by atoms with Crippen LogP contribution in [0.25, 0.3) is 111 Å². The van der Waals surface area contributed by atoms with Crippen LogP contribution in [0.15, 0.2) is 186 Å². The van der Waals surface area contributed by atoms with E-state index in [4.69, 9.17) is 19.4 Å². The lowest BCUT2D eigenvalue weighted by Crippen LogP contribution is -2.02. The summed E-state index contributed by atoms with van der Waals surface area (Å²) in [6, 6.07) is 64.3. The van der Waals surface area contributed by atoms with Gasteiger partial charge in [0.15, 0.2) is 17.5 Å². The van der Waals surface area contributed by atoms with E-state index in [-0.39, 0.29) is 0 Å². The fourth-order valence-electron chi connectivity index (χ4n) is 8.78. The Morgan fingerprint density at radius 3 is 1.66 bits per heavy atom. The lowest BCUT2D eigenvalue weighted by atomic mass is 10.1. The summed E-state index contributed by atoms with van der Waals surface area (Å²) >= 11 is 0. The highest BCUT2D eigenvalue weighted by Crippen LogP contribution is 2.44. The third-order valence-electron chi connectivity index (χ3n) is 11.4. The van der Waals surface area contributed by atoms with Gasteiger partial charge in [0.1, 0.15) is 17.2 Å². The first kappa shape index (κ1) is 32.9. The molecule has 0 aliphatic rings. The van der Waals surface area contributed by atoms with Crippen LogP contribution in [0.2, 0.25) is 0 Å². The molecule has 0 spiro atoms. The van der Waals surface area contributed by atoms with Crippen LogP contribution < -0.4 is 0 Å². The molecule has 0 atom stereocenters. The van der Waals surface area contributed by atoms with Crippen molar-refractivity contribution in [2.24, 2.45) is 0 Å². The van der Waals surface area contributed by atoms with Gasteiger partial charge in [-0.2, -0.15) is 5.26 Å². The summed E-state index contributed by atoms with van der Waals surface area (Å²) in [7, 11) is 0. The molecule has 0 amide bonds. The fraction of sp³-hybridized carbons (Fsp3) is 0. The number of para-hydroxylation sites is 3. The zero-order chi connectivity index (χ0) is 39.0. The summed E-state index contributed by atoms with van der Waals surface area (Å²) in [5, 5.41) is 17.4. The molecule has 0 saturated carbocycles. The molecule has 0 saturated heterocycles. The minimum atomic E-state index is 0.492. The molecule has 4 heterocycles. The predicted octanol–water partition coefficient (Wildman–Crippen LogP) is 12.8. The Morgan fingerprint density at radius 1 is 0.424 bits per heavy atom. The average Bonchev–Trinajstić information content (AvgIpc) is 3.95. The zero-order valence-corrected chi connectivity index (χ0v) is 31.4. The molecule has 8 aromatic carbocycles. The number of hydrogen-bond acceptors (Lipinski definition) is 5. The summed E-state index contributed by atoms with van der Waals surface area (Å²) in [6.45, 7) is 0. The molecule has 7 heteroatoms. The lowest BCUT2D eigenvalue weighted by molar-refractivity contribution is 0.669. The van der Waals surface area contributed by atoms with Gasteiger partial charge < -0.3 is 13.6 Å². The van der Waals surface area contributed by atoms with Crippen LogP contribution >= 0.6 is 0 Å². The Morgan fingerprint density at radius 2 is 1.00 bits per heavy atom. The van der Waals surface area contributed by atoms with E-state index >= 15 is 0 Å². The van der Waals surface area contributed by atoms with Gasteiger partial charge >= 0.3 is 0 Å². The standard InChI is InChI=1S/C52H30N6O/c53-31-35-28-34(52-55-50(32-14-4-1-5-15-32)54-51(56-52)33-16-6-2-7-17-33)24-26-42(35)58-44-23-13-11-21-38(44)40-29-41-47(30-45(40)58)59-46-27-25-39-37-20-10-12-22-43(37)57(49(39)48(41)46)36-18-8-3-9-19-36/h1-30H. The van der Waals surface area contributed by atoms with Crippen molar-refractivity contribution >= 4 is 65.6 Å². The molecule has 4 aromatic heterocycles. The average molecular weight is 755 g/mol. The second-order valence-electron chi connectivity index (χ2n) is 14.7. The van der Waals surface area contributed by atoms with E-state index in [1.54, 1.807) is 0 Å².